The van der Waals surface area contributed by atoms with Crippen molar-refractivity contribution in [1.82, 2.24) is 14.6 Å². The lowest BCUT2D eigenvalue weighted by Crippen LogP contribution is -2.49. The van der Waals surface area contributed by atoms with Crippen LogP contribution in [-0.2, 0) is 34.5 Å². The molecule has 0 radical (unpaired) electrons. The predicted molar refractivity (Wildman–Crippen MR) is 118 cm³/mol. The average molecular weight is 497 g/mol. The van der Waals surface area contributed by atoms with Crippen molar-refractivity contribution in [2.75, 3.05) is 6.61 Å². The van der Waals surface area contributed by atoms with Crippen LogP contribution in [0.4, 0.5) is 0 Å². The van der Waals surface area contributed by atoms with Crippen molar-refractivity contribution in [1.29, 1.82) is 0 Å². The molecule has 1 aromatic heterocycles. The number of ether oxygens (including phenoxy) is 2. The van der Waals surface area contributed by atoms with Crippen LogP contribution in [-0.4, -0.2) is 51.1 Å². The van der Waals surface area contributed by atoms with Crippen molar-refractivity contribution in [3.63, 3.8) is 0 Å². The fourth-order valence-corrected chi connectivity index (χ4v) is 5.74. The number of hydrogen-bond donors (Lipinski definition) is 3. The van der Waals surface area contributed by atoms with E-state index in [4.69, 9.17) is 30.7 Å². The van der Waals surface area contributed by atoms with Gasteiger partial charge in [0.1, 0.15) is 30.5 Å². The van der Waals surface area contributed by atoms with E-state index in [9.17, 15) is 19.3 Å². The number of aromatic amines is 1. The predicted octanol–water partition coefficient (Wildman–Crippen LogP) is 1.80. The first-order valence-corrected chi connectivity index (χ1v) is 12.1. The molecule has 2 aliphatic heterocycles. The number of benzene rings is 1. The maximum absolute atomic E-state index is 13.2. The molecule has 2 aromatic rings. The minimum atomic E-state index is -3.99. The Morgan fingerprint density at radius 3 is 2.85 bits per heavy atom. The molecule has 0 saturated carbocycles. The van der Waals surface area contributed by atoms with Crippen molar-refractivity contribution < 1.29 is 33.0 Å². The van der Waals surface area contributed by atoms with Crippen molar-refractivity contribution in [2.24, 2.45) is 0 Å². The largest absolute Gasteiger partial charge is 0.460 e. The fraction of sp³-hybridized carbons (Fsp3) is 0.450. The molecule has 1 aromatic carbocycles. The average Bonchev–Trinajstić information content (AvgIpc) is 3.02. The molecule has 3 heterocycles. The van der Waals surface area contributed by atoms with E-state index in [0.29, 0.717) is 0 Å². The number of aromatic nitrogens is 2. The van der Waals surface area contributed by atoms with Gasteiger partial charge in [0.05, 0.1) is 6.61 Å². The fourth-order valence-electron chi connectivity index (χ4n) is 3.71. The third-order valence-corrected chi connectivity index (χ3v) is 7.42. The number of fused-ring (bicyclic) bond motifs is 1. The molecule has 11 nitrogen and oxygen atoms in total. The first kappa shape index (κ1) is 24.0. The Balaban J connectivity index is 1.43. The van der Waals surface area contributed by atoms with Gasteiger partial charge in [-0.25, -0.2) is 9.65 Å². The van der Waals surface area contributed by atoms with Gasteiger partial charge in [-0.3, -0.25) is 28.2 Å². The highest BCUT2D eigenvalue weighted by Crippen LogP contribution is 2.55. The molecule has 4 rings (SSSR count). The van der Waals surface area contributed by atoms with E-state index in [-0.39, 0.29) is 18.0 Å². The summed E-state index contributed by atoms with van der Waals surface area (Å²) in [7, 11) is -3.99. The molecular formula is C20H24N3O8PS. The van der Waals surface area contributed by atoms with Gasteiger partial charge in [0.2, 0.25) is 0 Å². The monoisotopic (exact) mass is 497 g/mol. The zero-order valence-electron chi connectivity index (χ0n) is 17.9. The Morgan fingerprint density at radius 1 is 1.42 bits per heavy atom. The maximum atomic E-state index is 13.2. The topological polar surface area (TPSA) is 141 Å². The Bertz CT molecular complexity index is 1180. The van der Waals surface area contributed by atoms with Crippen LogP contribution in [0, 0.1) is 4.77 Å². The Hall–Kier alpha value is -2.18. The van der Waals surface area contributed by atoms with Crippen LogP contribution in [0.25, 0.3) is 0 Å². The molecular weight excluding hydrogens is 473 g/mol. The van der Waals surface area contributed by atoms with Crippen LogP contribution in [0.3, 0.4) is 0 Å². The van der Waals surface area contributed by atoms with Gasteiger partial charge in [0.25, 0.3) is 5.56 Å². The van der Waals surface area contributed by atoms with Gasteiger partial charge in [-0.2, -0.15) is 0 Å². The van der Waals surface area contributed by atoms with Crippen molar-refractivity contribution in [3.05, 3.63) is 63.3 Å². The second-order valence-electron chi connectivity index (χ2n) is 8.03. The number of hydrogen-bond acceptors (Lipinski definition) is 9. The van der Waals surface area contributed by atoms with Crippen LogP contribution < -0.4 is 10.6 Å². The number of rotatable bonds is 6. The zero-order chi connectivity index (χ0) is 23.8. The summed E-state index contributed by atoms with van der Waals surface area (Å²) < 4.78 is 36.7. The molecule has 0 bridgehead atoms. The normalized spacial score (nSPS) is 32.2. The van der Waals surface area contributed by atoms with Gasteiger partial charge in [-0.1, -0.05) is 30.3 Å². The maximum Gasteiger partial charge on any atom is 0.406 e. The van der Waals surface area contributed by atoms with E-state index in [1.807, 2.05) is 30.3 Å². The van der Waals surface area contributed by atoms with Gasteiger partial charge in [-0.05, 0) is 31.6 Å². The van der Waals surface area contributed by atoms with E-state index in [2.05, 4.69) is 10.1 Å². The minimum Gasteiger partial charge on any atom is -0.460 e. The van der Waals surface area contributed by atoms with Gasteiger partial charge in [0.15, 0.2) is 11.0 Å². The lowest BCUT2D eigenvalue weighted by atomic mass is 9.96. The highest BCUT2D eigenvalue weighted by Gasteiger charge is 2.59. The molecule has 2 fully saturated rings. The van der Waals surface area contributed by atoms with Crippen LogP contribution in [0.15, 0.2) is 47.4 Å². The number of carbonyl (C=O) groups excluding carboxylic acids is 1. The number of carbonyl (C=O) groups is 1. The van der Waals surface area contributed by atoms with Gasteiger partial charge in [-0.15, -0.1) is 0 Å². The molecule has 6 unspecified atom stereocenters. The summed E-state index contributed by atoms with van der Waals surface area (Å²) in [6, 6.07) is 9.36. The molecule has 2 aliphatic rings. The van der Waals surface area contributed by atoms with Crippen molar-refractivity contribution in [2.45, 2.75) is 50.5 Å². The third kappa shape index (κ3) is 5.02. The van der Waals surface area contributed by atoms with E-state index >= 15 is 0 Å². The van der Waals surface area contributed by atoms with Crippen molar-refractivity contribution >= 4 is 25.9 Å². The summed E-state index contributed by atoms with van der Waals surface area (Å²) in [5.74, 6) is -0.643. The number of H-pyrrole nitrogens is 1. The van der Waals surface area contributed by atoms with E-state index in [1.54, 1.807) is 0 Å². The van der Waals surface area contributed by atoms with Gasteiger partial charge < -0.3 is 14.6 Å². The quantitative estimate of drug-likeness (QED) is 0.307. The van der Waals surface area contributed by atoms with Crippen LogP contribution in [0.5, 0.6) is 0 Å². The SMILES string of the molecule is CC(NP1(=O)OCC2OC(n3ccc(=O)[nH]c3=S)C(C)(O)C2O1)C(=O)OCc1ccccc1. The first-order valence-electron chi connectivity index (χ1n) is 10.2. The van der Waals surface area contributed by atoms with Crippen LogP contribution in [0.2, 0.25) is 0 Å². The molecule has 2 saturated heterocycles. The standard InChI is InChI=1S/C20H24N3O8PS/c1-12(17(25)28-10-13-6-4-3-5-7-13)22-32(27)29-11-14-16(31-32)20(2,26)18(30-14)23-9-8-15(24)21-19(23)33/h3-9,12,14,16,18,26H,10-11H2,1-2H3,(H,22,27)(H,21,24,33). The molecule has 178 valence electrons. The zero-order valence-corrected chi connectivity index (χ0v) is 19.6. The van der Waals surface area contributed by atoms with Gasteiger partial charge in [0, 0.05) is 12.3 Å². The number of nitrogens with zero attached hydrogens (tertiary/aromatic N) is 1. The smallest absolute Gasteiger partial charge is 0.406 e. The molecule has 13 heteroatoms. The highest BCUT2D eigenvalue weighted by atomic mass is 32.1. The molecule has 0 amide bonds. The number of esters is 1. The molecule has 0 spiro atoms. The summed E-state index contributed by atoms with van der Waals surface area (Å²) in [4.78, 5) is 26.3. The minimum absolute atomic E-state index is 0.0448. The number of nitrogens with one attached hydrogen (secondary N) is 2. The van der Waals surface area contributed by atoms with E-state index in [0.717, 1.165) is 5.56 Å². The summed E-state index contributed by atoms with van der Waals surface area (Å²) >= 11 is 5.16. The number of aliphatic hydroxyl groups is 1. The first-order chi connectivity index (χ1) is 15.6. The van der Waals surface area contributed by atoms with E-state index < -0.39 is 49.4 Å². The summed E-state index contributed by atoms with van der Waals surface area (Å²) in [5, 5.41) is 13.7. The van der Waals surface area contributed by atoms with E-state index in [1.165, 1.54) is 30.7 Å². The van der Waals surface area contributed by atoms with Crippen molar-refractivity contribution in [3.8, 4) is 0 Å². The van der Waals surface area contributed by atoms with Crippen LogP contribution >= 0.6 is 20.0 Å². The Kier molecular flexibility index (Phi) is 6.70. The Labute approximate surface area is 194 Å². The Morgan fingerprint density at radius 2 is 2.15 bits per heavy atom. The summed E-state index contributed by atoms with van der Waals surface area (Å²) in [6.07, 6.45) is -1.46. The second kappa shape index (κ2) is 9.22. The molecule has 33 heavy (non-hydrogen) atoms. The summed E-state index contributed by atoms with van der Waals surface area (Å²) in [6.45, 7) is 2.82. The molecule has 0 aliphatic carbocycles. The summed E-state index contributed by atoms with van der Waals surface area (Å²) in [5.41, 5.74) is -1.27. The van der Waals surface area contributed by atoms with Crippen LogP contribution in [0.1, 0.15) is 25.6 Å². The molecule has 3 N–H and O–H groups in total. The lowest BCUT2D eigenvalue weighted by molar-refractivity contribution is -0.146. The second-order valence-corrected chi connectivity index (χ2v) is 10.1. The molecule has 6 atom stereocenters. The van der Waals surface area contributed by atoms with Gasteiger partial charge >= 0.3 is 13.7 Å². The lowest BCUT2D eigenvalue weighted by Gasteiger charge is -2.36. The third-order valence-electron chi connectivity index (χ3n) is 5.41. The highest BCUT2D eigenvalue weighted by molar-refractivity contribution is 7.71.